The van der Waals surface area contributed by atoms with Crippen LogP contribution in [-0.4, -0.2) is 27.3 Å². The number of fused-ring (bicyclic) bond motifs is 1. The van der Waals surface area contributed by atoms with Crippen LogP contribution < -0.4 is 10.1 Å². The Morgan fingerprint density at radius 1 is 1.25 bits per heavy atom. The highest BCUT2D eigenvalue weighted by molar-refractivity contribution is 7.91. The molecule has 7 heteroatoms. The zero-order valence-electron chi connectivity index (χ0n) is 12.8. The van der Waals surface area contributed by atoms with Crippen LogP contribution in [0.4, 0.5) is 4.39 Å². The SMILES string of the molecule is O=S1(=O)CCC(NCCOc2cc(F)ccc2Cl)c2ccccc21. The maximum atomic E-state index is 13.2. The molecule has 1 heterocycles. The van der Waals surface area contributed by atoms with Crippen LogP contribution in [0.5, 0.6) is 5.75 Å². The van der Waals surface area contributed by atoms with Gasteiger partial charge in [0.15, 0.2) is 9.84 Å². The predicted octanol–water partition coefficient (Wildman–Crippen LogP) is 3.37. The molecule has 0 spiro atoms. The van der Waals surface area contributed by atoms with Gasteiger partial charge < -0.3 is 10.1 Å². The van der Waals surface area contributed by atoms with Crippen molar-refractivity contribution in [2.24, 2.45) is 0 Å². The van der Waals surface area contributed by atoms with Crippen LogP contribution >= 0.6 is 11.6 Å². The number of hydrogen-bond acceptors (Lipinski definition) is 4. The van der Waals surface area contributed by atoms with Crippen LogP contribution in [-0.2, 0) is 9.84 Å². The highest BCUT2D eigenvalue weighted by Gasteiger charge is 2.29. The summed E-state index contributed by atoms with van der Waals surface area (Å²) in [6.07, 6.45) is 0.514. The van der Waals surface area contributed by atoms with Crippen molar-refractivity contribution in [3.63, 3.8) is 0 Å². The molecule has 24 heavy (non-hydrogen) atoms. The summed E-state index contributed by atoms with van der Waals surface area (Å²) in [7, 11) is -3.19. The summed E-state index contributed by atoms with van der Waals surface area (Å²) >= 11 is 5.94. The van der Waals surface area contributed by atoms with Crippen LogP contribution in [0.1, 0.15) is 18.0 Å². The molecular formula is C17H17ClFNO3S. The lowest BCUT2D eigenvalue weighted by Crippen LogP contribution is -2.32. The van der Waals surface area contributed by atoms with Gasteiger partial charge in [-0.15, -0.1) is 0 Å². The van der Waals surface area contributed by atoms with E-state index in [1.165, 1.54) is 18.2 Å². The summed E-state index contributed by atoms with van der Waals surface area (Å²) in [5.74, 6) is 0.0111. The first-order chi connectivity index (χ1) is 11.5. The number of hydrogen-bond donors (Lipinski definition) is 1. The number of sulfone groups is 1. The first-order valence-corrected chi connectivity index (χ1v) is 9.63. The Labute approximate surface area is 145 Å². The molecule has 3 rings (SSSR count). The second-order valence-corrected chi connectivity index (χ2v) is 8.06. The first-order valence-electron chi connectivity index (χ1n) is 7.60. The summed E-state index contributed by atoms with van der Waals surface area (Å²) in [6.45, 7) is 0.792. The minimum atomic E-state index is -3.19. The molecule has 1 unspecified atom stereocenters. The molecule has 0 radical (unpaired) electrons. The quantitative estimate of drug-likeness (QED) is 0.821. The molecule has 0 saturated heterocycles. The molecule has 0 saturated carbocycles. The van der Waals surface area contributed by atoms with E-state index in [9.17, 15) is 12.8 Å². The Morgan fingerprint density at radius 2 is 2.04 bits per heavy atom. The molecule has 0 aromatic heterocycles. The van der Waals surface area contributed by atoms with E-state index in [4.69, 9.17) is 16.3 Å². The maximum absolute atomic E-state index is 13.2. The zero-order valence-corrected chi connectivity index (χ0v) is 14.4. The second-order valence-electron chi connectivity index (χ2n) is 5.58. The first kappa shape index (κ1) is 17.2. The van der Waals surface area contributed by atoms with Crippen molar-refractivity contribution in [3.05, 3.63) is 58.9 Å². The van der Waals surface area contributed by atoms with Crippen molar-refractivity contribution in [2.75, 3.05) is 18.9 Å². The monoisotopic (exact) mass is 369 g/mol. The fourth-order valence-electron chi connectivity index (χ4n) is 2.78. The molecule has 1 N–H and O–H groups in total. The van der Waals surface area contributed by atoms with Crippen molar-refractivity contribution in [2.45, 2.75) is 17.4 Å². The van der Waals surface area contributed by atoms with Gasteiger partial charge in [0.05, 0.1) is 15.7 Å². The van der Waals surface area contributed by atoms with E-state index in [-0.39, 0.29) is 11.8 Å². The molecule has 0 fully saturated rings. The molecule has 2 aromatic carbocycles. The van der Waals surface area contributed by atoms with Gasteiger partial charge in [-0.1, -0.05) is 29.8 Å². The minimum absolute atomic E-state index is 0.0451. The third kappa shape index (κ3) is 3.71. The van der Waals surface area contributed by atoms with E-state index in [0.29, 0.717) is 35.2 Å². The highest BCUT2D eigenvalue weighted by atomic mass is 35.5. The number of nitrogens with one attached hydrogen (secondary N) is 1. The average Bonchev–Trinajstić information content (AvgIpc) is 2.56. The van der Waals surface area contributed by atoms with Crippen LogP contribution in [0, 0.1) is 5.82 Å². The smallest absolute Gasteiger partial charge is 0.178 e. The van der Waals surface area contributed by atoms with Gasteiger partial charge in [-0.3, -0.25) is 0 Å². The standard InChI is InChI=1S/C17H17ClFNO3S/c18-14-6-5-12(19)11-16(14)23-9-8-20-15-7-10-24(21,22)17-4-2-1-3-13(15)17/h1-6,11,15,20H,7-10H2. The third-order valence-electron chi connectivity index (χ3n) is 3.95. The van der Waals surface area contributed by atoms with E-state index in [2.05, 4.69) is 5.32 Å². The van der Waals surface area contributed by atoms with Crippen molar-refractivity contribution < 1.29 is 17.5 Å². The van der Waals surface area contributed by atoms with Gasteiger partial charge in [-0.2, -0.15) is 0 Å². The molecule has 128 valence electrons. The summed E-state index contributed by atoms with van der Waals surface area (Å²) in [5.41, 5.74) is 0.785. The van der Waals surface area contributed by atoms with Gasteiger partial charge in [0.25, 0.3) is 0 Å². The molecule has 2 aromatic rings. The number of benzene rings is 2. The van der Waals surface area contributed by atoms with Crippen molar-refractivity contribution >= 4 is 21.4 Å². The van der Waals surface area contributed by atoms with Gasteiger partial charge in [0.2, 0.25) is 0 Å². The zero-order chi connectivity index (χ0) is 17.2. The lowest BCUT2D eigenvalue weighted by molar-refractivity contribution is 0.302. The fraction of sp³-hybridized carbons (Fsp3) is 0.294. The lowest BCUT2D eigenvalue weighted by Gasteiger charge is -2.26. The van der Waals surface area contributed by atoms with Gasteiger partial charge in [0.1, 0.15) is 18.2 Å². The van der Waals surface area contributed by atoms with Gasteiger partial charge in [-0.05, 0) is 30.2 Å². The Balaban J connectivity index is 1.61. The molecule has 0 amide bonds. The molecule has 0 bridgehead atoms. The third-order valence-corrected chi connectivity index (χ3v) is 6.08. The normalized spacial score (nSPS) is 18.8. The Kier molecular flexibility index (Phi) is 5.08. The van der Waals surface area contributed by atoms with E-state index < -0.39 is 15.7 Å². The number of rotatable bonds is 5. The second kappa shape index (κ2) is 7.09. The van der Waals surface area contributed by atoms with Crippen LogP contribution in [0.3, 0.4) is 0 Å². The van der Waals surface area contributed by atoms with Gasteiger partial charge in [-0.25, -0.2) is 12.8 Å². The van der Waals surface area contributed by atoms with Crippen molar-refractivity contribution in [1.29, 1.82) is 0 Å². The van der Waals surface area contributed by atoms with Crippen LogP contribution in [0.2, 0.25) is 5.02 Å². The van der Waals surface area contributed by atoms with E-state index in [0.717, 1.165) is 5.56 Å². The minimum Gasteiger partial charge on any atom is -0.491 e. The molecule has 4 nitrogen and oxygen atoms in total. The number of ether oxygens (including phenoxy) is 1. The van der Waals surface area contributed by atoms with Gasteiger partial charge in [0, 0.05) is 18.7 Å². The number of halogens is 2. The predicted molar refractivity (Wildman–Crippen MR) is 90.8 cm³/mol. The molecule has 1 aliphatic rings. The Morgan fingerprint density at radius 3 is 2.88 bits per heavy atom. The van der Waals surface area contributed by atoms with Crippen molar-refractivity contribution in [3.8, 4) is 5.75 Å². The fourth-order valence-corrected chi connectivity index (χ4v) is 4.58. The summed E-state index contributed by atoms with van der Waals surface area (Å²) in [6, 6.07) is 10.9. The molecule has 1 atom stereocenters. The molecular weight excluding hydrogens is 353 g/mol. The van der Waals surface area contributed by atoms with E-state index >= 15 is 0 Å². The topological polar surface area (TPSA) is 55.4 Å². The average molecular weight is 370 g/mol. The lowest BCUT2D eigenvalue weighted by atomic mass is 10.0. The highest BCUT2D eigenvalue weighted by Crippen LogP contribution is 2.31. The Bertz CT molecular complexity index is 841. The molecule has 0 aliphatic carbocycles. The van der Waals surface area contributed by atoms with Gasteiger partial charge >= 0.3 is 0 Å². The maximum Gasteiger partial charge on any atom is 0.178 e. The largest absolute Gasteiger partial charge is 0.491 e. The van der Waals surface area contributed by atoms with Crippen molar-refractivity contribution in [1.82, 2.24) is 5.32 Å². The Hall–Kier alpha value is -1.63. The summed E-state index contributed by atoms with van der Waals surface area (Å²) in [4.78, 5) is 0.392. The molecule has 1 aliphatic heterocycles. The summed E-state index contributed by atoms with van der Waals surface area (Å²) < 4.78 is 42.9. The summed E-state index contributed by atoms with van der Waals surface area (Å²) in [5, 5.41) is 3.65. The van der Waals surface area contributed by atoms with Crippen LogP contribution in [0.25, 0.3) is 0 Å². The van der Waals surface area contributed by atoms with Crippen LogP contribution in [0.15, 0.2) is 47.4 Å². The van der Waals surface area contributed by atoms with E-state index in [1.807, 2.05) is 12.1 Å². The van der Waals surface area contributed by atoms with E-state index in [1.54, 1.807) is 12.1 Å².